The molecule has 1 aliphatic rings. The van der Waals surface area contributed by atoms with E-state index in [0.717, 1.165) is 32.1 Å². The highest BCUT2D eigenvalue weighted by molar-refractivity contribution is 5.72. The lowest BCUT2D eigenvalue weighted by Crippen LogP contribution is -2.29. The van der Waals surface area contributed by atoms with Crippen LogP contribution >= 0.6 is 0 Å². The maximum atomic E-state index is 11.3. The highest BCUT2D eigenvalue weighted by Crippen LogP contribution is 2.28. The van der Waals surface area contributed by atoms with Gasteiger partial charge in [-0.25, -0.2) is 0 Å². The fourth-order valence-electron chi connectivity index (χ4n) is 2.40. The molecule has 1 saturated carbocycles. The molecule has 0 heterocycles. The van der Waals surface area contributed by atoms with Gasteiger partial charge in [-0.15, -0.1) is 0 Å². The Morgan fingerprint density at radius 2 is 1.94 bits per heavy atom. The van der Waals surface area contributed by atoms with Gasteiger partial charge in [0.05, 0.1) is 25.2 Å². The molecule has 0 saturated heterocycles. The van der Waals surface area contributed by atoms with Crippen LogP contribution in [0.2, 0.25) is 0 Å². The van der Waals surface area contributed by atoms with E-state index in [1.54, 1.807) is 0 Å². The Kier molecular flexibility index (Phi) is 5.81. The zero-order valence-corrected chi connectivity index (χ0v) is 10.7. The molecule has 0 aromatic rings. The average molecular weight is 228 g/mol. The van der Waals surface area contributed by atoms with Gasteiger partial charge in [0, 0.05) is 0 Å². The van der Waals surface area contributed by atoms with Crippen molar-refractivity contribution in [2.24, 2.45) is 5.92 Å². The number of carbonyl (C=O) groups is 1. The van der Waals surface area contributed by atoms with Crippen LogP contribution in [0, 0.1) is 5.92 Å². The first kappa shape index (κ1) is 13.5. The zero-order chi connectivity index (χ0) is 12.0. The minimum atomic E-state index is -0.0555. The molecule has 0 aliphatic heterocycles. The molecule has 0 bridgehead atoms. The van der Waals surface area contributed by atoms with Crippen molar-refractivity contribution in [3.8, 4) is 0 Å². The third-order valence-corrected chi connectivity index (χ3v) is 3.33. The third kappa shape index (κ3) is 4.12. The number of hydrogen-bond acceptors (Lipinski definition) is 3. The summed E-state index contributed by atoms with van der Waals surface area (Å²) in [5.41, 5.74) is 0. The van der Waals surface area contributed by atoms with Gasteiger partial charge < -0.3 is 9.47 Å². The van der Waals surface area contributed by atoms with Crippen molar-refractivity contribution in [2.75, 3.05) is 7.11 Å². The maximum absolute atomic E-state index is 11.3. The normalized spacial score (nSPS) is 27.4. The predicted molar refractivity (Wildman–Crippen MR) is 63.2 cm³/mol. The van der Waals surface area contributed by atoms with Crippen molar-refractivity contribution in [1.29, 1.82) is 0 Å². The fraction of sp³-hybridized carbons (Fsp3) is 0.923. The monoisotopic (exact) mass is 228 g/mol. The van der Waals surface area contributed by atoms with E-state index in [0.29, 0.717) is 12.2 Å². The van der Waals surface area contributed by atoms with Crippen LogP contribution in [-0.4, -0.2) is 25.3 Å². The summed E-state index contributed by atoms with van der Waals surface area (Å²) in [6.45, 7) is 4.31. The summed E-state index contributed by atoms with van der Waals surface area (Å²) in [4.78, 5) is 11.3. The lowest BCUT2D eigenvalue weighted by Gasteiger charge is -2.29. The van der Waals surface area contributed by atoms with Gasteiger partial charge in [-0.2, -0.15) is 0 Å². The van der Waals surface area contributed by atoms with E-state index in [9.17, 15) is 4.79 Å². The summed E-state index contributed by atoms with van der Waals surface area (Å²) < 4.78 is 10.7. The van der Waals surface area contributed by atoms with Crippen molar-refractivity contribution in [3.05, 3.63) is 0 Å². The van der Waals surface area contributed by atoms with E-state index < -0.39 is 0 Å². The van der Waals surface area contributed by atoms with Crippen LogP contribution in [0.25, 0.3) is 0 Å². The number of carbonyl (C=O) groups excluding carboxylic acids is 1. The SMILES string of the molecule is CCCC(C)OC1CCC(C(=O)OC)CC1. The van der Waals surface area contributed by atoms with Gasteiger partial charge in [0.25, 0.3) is 0 Å². The molecular weight excluding hydrogens is 204 g/mol. The number of hydrogen-bond donors (Lipinski definition) is 0. The number of rotatable bonds is 5. The molecule has 1 atom stereocenters. The van der Waals surface area contributed by atoms with E-state index >= 15 is 0 Å². The molecule has 1 fully saturated rings. The van der Waals surface area contributed by atoms with Gasteiger partial charge in [0.15, 0.2) is 0 Å². The molecule has 0 spiro atoms. The molecule has 1 aliphatic carbocycles. The van der Waals surface area contributed by atoms with Crippen LogP contribution in [0.1, 0.15) is 52.4 Å². The second kappa shape index (κ2) is 6.89. The first-order valence-corrected chi connectivity index (χ1v) is 6.40. The Labute approximate surface area is 98.5 Å². The van der Waals surface area contributed by atoms with E-state index in [1.807, 2.05) is 0 Å². The van der Waals surface area contributed by atoms with Gasteiger partial charge in [-0.05, 0) is 39.0 Å². The molecule has 1 rings (SSSR count). The van der Waals surface area contributed by atoms with Gasteiger partial charge in [-0.1, -0.05) is 13.3 Å². The highest BCUT2D eigenvalue weighted by atomic mass is 16.5. The molecule has 3 nitrogen and oxygen atoms in total. The Bertz CT molecular complexity index is 207. The highest BCUT2D eigenvalue weighted by Gasteiger charge is 2.27. The van der Waals surface area contributed by atoms with E-state index in [2.05, 4.69) is 13.8 Å². The standard InChI is InChI=1S/C13H24O3/c1-4-5-10(2)16-12-8-6-11(7-9-12)13(14)15-3/h10-12H,4-9H2,1-3H3. The summed E-state index contributed by atoms with van der Waals surface area (Å²) in [6, 6.07) is 0. The Balaban J connectivity index is 2.24. The van der Waals surface area contributed by atoms with Crippen molar-refractivity contribution < 1.29 is 14.3 Å². The predicted octanol–water partition coefficient (Wildman–Crippen LogP) is 2.92. The Morgan fingerprint density at radius 1 is 1.31 bits per heavy atom. The molecular formula is C13H24O3. The first-order valence-electron chi connectivity index (χ1n) is 6.40. The van der Waals surface area contributed by atoms with Crippen molar-refractivity contribution in [2.45, 2.75) is 64.6 Å². The van der Waals surface area contributed by atoms with Crippen LogP contribution in [0.15, 0.2) is 0 Å². The number of esters is 1. The second-order valence-electron chi connectivity index (χ2n) is 4.73. The lowest BCUT2D eigenvalue weighted by atomic mass is 9.87. The van der Waals surface area contributed by atoms with Crippen LogP contribution in [-0.2, 0) is 14.3 Å². The van der Waals surface area contributed by atoms with Crippen molar-refractivity contribution in [1.82, 2.24) is 0 Å². The van der Waals surface area contributed by atoms with Gasteiger partial charge in [0.2, 0.25) is 0 Å². The molecule has 0 N–H and O–H groups in total. The van der Waals surface area contributed by atoms with Crippen LogP contribution < -0.4 is 0 Å². The summed E-state index contributed by atoms with van der Waals surface area (Å²) >= 11 is 0. The van der Waals surface area contributed by atoms with E-state index in [1.165, 1.54) is 13.5 Å². The molecule has 0 aromatic carbocycles. The second-order valence-corrected chi connectivity index (χ2v) is 4.73. The molecule has 94 valence electrons. The quantitative estimate of drug-likeness (QED) is 0.679. The van der Waals surface area contributed by atoms with E-state index in [4.69, 9.17) is 9.47 Å². The van der Waals surface area contributed by atoms with Gasteiger partial charge in [0.1, 0.15) is 0 Å². The summed E-state index contributed by atoms with van der Waals surface area (Å²) in [5.74, 6) is 0.0476. The topological polar surface area (TPSA) is 35.5 Å². The minimum Gasteiger partial charge on any atom is -0.469 e. The summed E-state index contributed by atoms with van der Waals surface area (Å²) in [6.07, 6.45) is 6.80. The lowest BCUT2D eigenvalue weighted by molar-refractivity contribution is -0.147. The van der Waals surface area contributed by atoms with Crippen LogP contribution in [0.4, 0.5) is 0 Å². The summed E-state index contributed by atoms with van der Waals surface area (Å²) in [7, 11) is 1.47. The van der Waals surface area contributed by atoms with Crippen molar-refractivity contribution >= 4 is 5.97 Å². The van der Waals surface area contributed by atoms with Crippen molar-refractivity contribution in [3.63, 3.8) is 0 Å². The largest absolute Gasteiger partial charge is 0.469 e. The first-order chi connectivity index (χ1) is 7.67. The average Bonchev–Trinajstić information content (AvgIpc) is 2.29. The number of methoxy groups -OCH3 is 1. The summed E-state index contributed by atoms with van der Waals surface area (Å²) in [5, 5.41) is 0. The fourth-order valence-corrected chi connectivity index (χ4v) is 2.40. The minimum absolute atomic E-state index is 0.0555. The third-order valence-electron chi connectivity index (χ3n) is 3.33. The Morgan fingerprint density at radius 3 is 2.44 bits per heavy atom. The molecule has 0 radical (unpaired) electrons. The number of ether oxygens (including phenoxy) is 2. The van der Waals surface area contributed by atoms with Gasteiger partial charge >= 0.3 is 5.97 Å². The molecule has 0 aromatic heterocycles. The smallest absolute Gasteiger partial charge is 0.308 e. The van der Waals surface area contributed by atoms with E-state index in [-0.39, 0.29) is 11.9 Å². The molecule has 1 unspecified atom stereocenters. The zero-order valence-electron chi connectivity index (χ0n) is 10.7. The molecule has 3 heteroatoms. The molecule has 0 amide bonds. The molecule has 16 heavy (non-hydrogen) atoms. The van der Waals surface area contributed by atoms with Gasteiger partial charge in [-0.3, -0.25) is 4.79 Å². The van der Waals surface area contributed by atoms with Crippen LogP contribution in [0.5, 0.6) is 0 Å². The van der Waals surface area contributed by atoms with Crippen LogP contribution in [0.3, 0.4) is 0 Å². The Hall–Kier alpha value is -0.570. The maximum Gasteiger partial charge on any atom is 0.308 e.